The fourth-order valence-corrected chi connectivity index (χ4v) is 2.67. The lowest BCUT2D eigenvalue weighted by Gasteiger charge is -2.11. The third-order valence-electron chi connectivity index (χ3n) is 3.97. The number of rotatable bonds is 7. The van der Waals surface area contributed by atoms with Crippen LogP contribution in [0.5, 0.6) is 0 Å². The second-order valence-corrected chi connectivity index (χ2v) is 6.58. The molecule has 0 bridgehead atoms. The number of hydrogen-bond acceptors (Lipinski definition) is 5. The molecule has 0 heterocycles. The van der Waals surface area contributed by atoms with Crippen molar-refractivity contribution in [2.24, 2.45) is 0 Å². The number of unbranched alkanes of at least 4 members (excludes halogenated alkanes) is 1. The van der Waals surface area contributed by atoms with E-state index in [9.17, 15) is 14.4 Å². The van der Waals surface area contributed by atoms with Crippen LogP contribution in [-0.2, 0) is 4.74 Å². The number of ether oxygens (including phenoxy) is 1. The fraction of sp³-hybridized carbons (Fsp3) is 0.238. The van der Waals surface area contributed by atoms with Gasteiger partial charge >= 0.3 is 5.97 Å². The van der Waals surface area contributed by atoms with Crippen LogP contribution in [0.4, 0.5) is 5.69 Å². The highest BCUT2D eigenvalue weighted by Crippen LogP contribution is 2.11. The molecule has 3 N–H and O–H groups in total. The number of thiocarbonyl (C=S) groups is 1. The minimum atomic E-state index is -0.533. The number of benzene rings is 2. The lowest BCUT2D eigenvalue weighted by atomic mass is 10.1. The molecule has 2 aromatic rings. The quantitative estimate of drug-likeness (QED) is 0.367. The van der Waals surface area contributed by atoms with E-state index in [0.717, 1.165) is 12.8 Å². The average molecular weight is 413 g/mol. The first kappa shape index (κ1) is 22.0. The van der Waals surface area contributed by atoms with E-state index in [0.29, 0.717) is 17.8 Å². The first-order chi connectivity index (χ1) is 13.9. The Bertz CT molecular complexity index is 914. The largest absolute Gasteiger partial charge is 0.465 e. The zero-order valence-electron chi connectivity index (χ0n) is 16.3. The summed E-state index contributed by atoms with van der Waals surface area (Å²) < 4.78 is 4.65. The summed E-state index contributed by atoms with van der Waals surface area (Å²) in [5, 5.41) is 8.35. The predicted molar refractivity (Wildman–Crippen MR) is 115 cm³/mol. The second kappa shape index (κ2) is 10.9. The summed E-state index contributed by atoms with van der Waals surface area (Å²) in [4.78, 5) is 36.1. The van der Waals surface area contributed by atoms with Crippen LogP contribution in [0.1, 0.15) is 50.8 Å². The van der Waals surface area contributed by atoms with Crippen molar-refractivity contribution < 1.29 is 19.1 Å². The topological polar surface area (TPSA) is 96.5 Å². The molecule has 0 spiro atoms. The maximum Gasteiger partial charge on any atom is 0.337 e. The monoisotopic (exact) mass is 413 g/mol. The molecule has 2 rings (SSSR count). The van der Waals surface area contributed by atoms with Crippen LogP contribution in [0, 0.1) is 0 Å². The van der Waals surface area contributed by atoms with Gasteiger partial charge in [0.1, 0.15) is 0 Å². The van der Waals surface area contributed by atoms with Gasteiger partial charge in [-0.1, -0.05) is 25.5 Å². The Morgan fingerprint density at radius 2 is 1.62 bits per heavy atom. The molecule has 7 nitrogen and oxygen atoms in total. The summed E-state index contributed by atoms with van der Waals surface area (Å²) in [6, 6.07) is 12.9. The molecule has 0 radical (unpaired) electrons. The second-order valence-electron chi connectivity index (χ2n) is 6.17. The van der Waals surface area contributed by atoms with Crippen LogP contribution < -0.4 is 16.0 Å². The van der Waals surface area contributed by atoms with Crippen molar-refractivity contribution in [2.75, 3.05) is 19.0 Å². The maximum atomic E-state index is 12.4. The van der Waals surface area contributed by atoms with Crippen LogP contribution >= 0.6 is 12.2 Å². The normalized spacial score (nSPS) is 10.0. The van der Waals surface area contributed by atoms with Crippen molar-refractivity contribution in [3.8, 4) is 0 Å². The Morgan fingerprint density at radius 3 is 2.31 bits per heavy atom. The minimum Gasteiger partial charge on any atom is -0.465 e. The lowest BCUT2D eigenvalue weighted by molar-refractivity contribution is 0.0600. The summed E-state index contributed by atoms with van der Waals surface area (Å²) in [5.74, 6) is -1.17. The van der Waals surface area contributed by atoms with E-state index in [1.165, 1.54) is 13.2 Å². The zero-order valence-corrected chi connectivity index (χ0v) is 17.1. The van der Waals surface area contributed by atoms with E-state index in [4.69, 9.17) is 12.2 Å². The van der Waals surface area contributed by atoms with Crippen molar-refractivity contribution >= 4 is 40.8 Å². The van der Waals surface area contributed by atoms with Gasteiger partial charge in [0.05, 0.1) is 12.7 Å². The molecule has 29 heavy (non-hydrogen) atoms. The van der Waals surface area contributed by atoms with E-state index in [-0.39, 0.29) is 22.1 Å². The first-order valence-corrected chi connectivity index (χ1v) is 9.54. The summed E-state index contributed by atoms with van der Waals surface area (Å²) in [6.45, 7) is 2.67. The highest BCUT2D eigenvalue weighted by atomic mass is 32.1. The molecule has 2 aromatic carbocycles. The van der Waals surface area contributed by atoms with Gasteiger partial charge in [-0.3, -0.25) is 14.9 Å². The van der Waals surface area contributed by atoms with Gasteiger partial charge in [0.2, 0.25) is 0 Å². The summed E-state index contributed by atoms with van der Waals surface area (Å²) in [7, 11) is 1.27. The Morgan fingerprint density at radius 1 is 0.966 bits per heavy atom. The molecule has 2 amide bonds. The SMILES string of the molecule is CCCCNC(=O)c1cccc(NC(=S)NC(=O)c2cccc(C(=O)OC)c2)c1. The molecule has 0 unspecified atom stereocenters. The number of carbonyl (C=O) groups excluding carboxylic acids is 3. The van der Waals surface area contributed by atoms with Crippen LogP contribution in [0.25, 0.3) is 0 Å². The van der Waals surface area contributed by atoms with Crippen molar-refractivity contribution in [3.05, 3.63) is 65.2 Å². The average Bonchev–Trinajstić information content (AvgIpc) is 2.73. The molecule has 0 saturated carbocycles. The van der Waals surface area contributed by atoms with Crippen molar-refractivity contribution in [2.45, 2.75) is 19.8 Å². The van der Waals surface area contributed by atoms with E-state index in [1.54, 1.807) is 42.5 Å². The number of hydrogen-bond donors (Lipinski definition) is 3. The zero-order chi connectivity index (χ0) is 21.2. The number of methoxy groups -OCH3 is 1. The van der Waals surface area contributed by atoms with Gasteiger partial charge < -0.3 is 15.4 Å². The van der Waals surface area contributed by atoms with Gasteiger partial charge in [-0.05, 0) is 55.0 Å². The summed E-state index contributed by atoms with van der Waals surface area (Å²) in [6.07, 6.45) is 1.91. The molecule has 8 heteroatoms. The van der Waals surface area contributed by atoms with Crippen LogP contribution in [0.3, 0.4) is 0 Å². The highest BCUT2D eigenvalue weighted by Gasteiger charge is 2.12. The van der Waals surface area contributed by atoms with Gasteiger partial charge in [0, 0.05) is 23.4 Å². The Balaban J connectivity index is 1.98. The van der Waals surface area contributed by atoms with Gasteiger partial charge in [0.15, 0.2) is 5.11 Å². The van der Waals surface area contributed by atoms with Crippen molar-refractivity contribution in [1.82, 2.24) is 10.6 Å². The van der Waals surface area contributed by atoms with Gasteiger partial charge in [0.25, 0.3) is 11.8 Å². The number of carbonyl (C=O) groups is 3. The molecular weight excluding hydrogens is 390 g/mol. The molecule has 0 aliphatic carbocycles. The van der Waals surface area contributed by atoms with Crippen molar-refractivity contribution in [3.63, 3.8) is 0 Å². The molecule has 0 atom stereocenters. The van der Waals surface area contributed by atoms with Gasteiger partial charge in [-0.15, -0.1) is 0 Å². The third kappa shape index (κ3) is 6.69. The Hall–Kier alpha value is -3.26. The predicted octanol–water partition coefficient (Wildman–Crippen LogP) is 3.13. The maximum absolute atomic E-state index is 12.4. The van der Waals surface area contributed by atoms with Crippen LogP contribution in [0.15, 0.2) is 48.5 Å². The van der Waals surface area contributed by atoms with Gasteiger partial charge in [-0.25, -0.2) is 4.79 Å². The Labute approximate surface area is 174 Å². The lowest BCUT2D eigenvalue weighted by Crippen LogP contribution is -2.34. The molecule has 0 aromatic heterocycles. The van der Waals surface area contributed by atoms with Crippen LogP contribution in [0.2, 0.25) is 0 Å². The molecule has 152 valence electrons. The molecule has 0 aliphatic rings. The molecular formula is C21H23N3O4S. The minimum absolute atomic E-state index is 0.0713. The number of anilines is 1. The smallest absolute Gasteiger partial charge is 0.337 e. The third-order valence-corrected chi connectivity index (χ3v) is 4.18. The number of esters is 1. The summed E-state index contributed by atoms with van der Waals surface area (Å²) in [5.41, 5.74) is 1.59. The summed E-state index contributed by atoms with van der Waals surface area (Å²) >= 11 is 5.18. The van der Waals surface area contributed by atoms with E-state index in [2.05, 4.69) is 27.6 Å². The number of amides is 2. The van der Waals surface area contributed by atoms with E-state index < -0.39 is 11.9 Å². The first-order valence-electron chi connectivity index (χ1n) is 9.13. The fourth-order valence-electron chi connectivity index (χ4n) is 2.46. The van der Waals surface area contributed by atoms with Crippen LogP contribution in [-0.4, -0.2) is 36.6 Å². The Kier molecular flexibility index (Phi) is 8.29. The number of nitrogens with one attached hydrogen (secondary N) is 3. The van der Waals surface area contributed by atoms with Gasteiger partial charge in [-0.2, -0.15) is 0 Å². The van der Waals surface area contributed by atoms with E-state index >= 15 is 0 Å². The highest BCUT2D eigenvalue weighted by molar-refractivity contribution is 7.80. The molecule has 0 fully saturated rings. The molecule has 0 saturated heterocycles. The molecule has 0 aliphatic heterocycles. The van der Waals surface area contributed by atoms with E-state index in [1.807, 2.05) is 0 Å². The standard InChI is InChI=1S/C21H23N3O4S/c1-3-4-11-22-18(25)15-8-6-10-17(13-15)23-21(29)24-19(26)14-7-5-9-16(12-14)20(27)28-2/h5-10,12-13H,3-4,11H2,1-2H3,(H,22,25)(H2,23,24,26,29). The van der Waals surface area contributed by atoms with Crippen molar-refractivity contribution in [1.29, 1.82) is 0 Å².